The van der Waals surface area contributed by atoms with Gasteiger partial charge in [0.25, 0.3) is 0 Å². The fourth-order valence-corrected chi connectivity index (χ4v) is 7.11. The molecule has 3 rings (SSSR count). The van der Waals surface area contributed by atoms with Gasteiger partial charge in [0.15, 0.2) is 37.0 Å². The third-order valence-corrected chi connectivity index (χ3v) is 9.88. The molecule has 0 bridgehead atoms. The van der Waals surface area contributed by atoms with Gasteiger partial charge in [0, 0.05) is 48.5 Å². The van der Waals surface area contributed by atoms with Gasteiger partial charge >= 0.3 is 47.9 Å². The fraction of sp³-hybridized carbons (Fsp3) is 0.652. The van der Waals surface area contributed by atoms with Crippen LogP contribution >= 0.6 is 0 Å². The van der Waals surface area contributed by atoms with Crippen LogP contribution in [0.4, 0.5) is 4.79 Å². The van der Waals surface area contributed by atoms with Gasteiger partial charge in [-0.15, -0.1) is 0 Å². The molecule has 3 N–H and O–H groups in total. The fourth-order valence-electron chi connectivity index (χ4n) is 7.11. The number of amides is 3. The van der Waals surface area contributed by atoms with E-state index in [4.69, 9.17) is 56.8 Å². The highest BCUT2D eigenvalue weighted by molar-refractivity contribution is 5.90. The monoisotopic (exact) mass is 1010 g/mol. The molecule has 0 unspecified atom stereocenters. The van der Waals surface area contributed by atoms with Crippen molar-refractivity contribution in [2.45, 2.75) is 169 Å². The van der Waals surface area contributed by atoms with Crippen molar-refractivity contribution >= 4 is 59.7 Å². The minimum atomic E-state index is -1.92. The molecule has 1 aromatic rings. The second-order valence-electron chi connectivity index (χ2n) is 17.7. The van der Waals surface area contributed by atoms with Crippen molar-refractivity contribution in [2.75, 3.05) is 19.8 Å². The molecule has 0 aromatic heterocycles. The number of hydrogen-bond donors (Lipinski definition) is 3. The van der Waals surface area contributed by atoms with Crippen LogP contribution in [-0.2, 0) is 107 Å². The van der Waals surface area contributed by atoms with E-state index in [9.17, 15) is 47.9 Å². The summed E-state index contributed by atoms with van der Waals surface area (Å²) in [5.74, 6) is -8.51. The Labute approximate surface area is 410 Å². The van der Waals surface area contributed by atoms with E-state index in [2.05, 4.69) is 16.0 Å². The Bertz CT molecular complexity index is 2040. The van der Waals surface area contributed by atoms with Crippen LogP contribution in [0.25, 0.3) is 0 Å². The number of nitrogens with one attached hydrogen (secondary N) is 3. The molecule has 2 saturated heterocycles. The molecule has 1 aromatic carbocycles. The molecule has 0 spiro atoms. The van der Waals surface area contributed by atoms with Crippen LogP contribution in [0.2, 0.25) is 0 Å². The third-order valence-electron chi connectivity index (χ3n) is 9.88. The van der Waals surface area contributed by atoms with Crippen molar-refractivity contribution in [2.24, 2.45) is 5.92 Å². The zero-order valence-electron chi connectivity index (χ0n) is 41.7. The lowest BCUT2D eigenvalue weighted by molar-refractivity contribution is -0.350. The van der Waals surface area contributed by atoms with Gasteiger partial charge in [-0.05, 0) is 32.3 Å². The molecule has 25 heteroatoms. The summed E-state index contributed by atoms with van der Waals surface area (Å²) in [5, 5.41) is 7.57. The first-order chi connectivity index (χ1) is 33.1. The van der Waals surface area contributed by atoms with E-state index in [1.807, 2.05) is 0 Å². The molecule has 396 valence electrons. The Kier molecular flexibility index (Phi) is 22.6. The van der Waals surface area contributed by atoms with E-state index in [-0.39, 0.29) is 6.61 Å². The van der Waals surface area contributed by atoms with Gasteiger partial charge in [0.1, 0.15) is 61.9 Å². The first-order valence-corrected chi connectivity index (χ1v) is 22.5. The van der Waals surface area contributed by atoms with Crippen molar-refractivity contribution in [3.63, 3.8) is 0 Å². The Morgan fingerprint density at radius 1 is 0.606 bits per heavy atom. The number of esters is 7. The molecule has 0 radical (unpaired) electrons. The van der Waals surface area contributed by atoms with E-state index in [1.54, 1.807) is 65.0 Å². The maximum absolute atomic E-state index is 14.1. The van der Waals surface area contributed by atoms with Crippen LogP contribution in [0.15, 0.2) is 30.3 Å². The van der Waals surface area contributed by atoms with E-state index < -0.39 is 164 Å². The van der Waals surface area contributed by atoms with Crippen molar-refractivity contribution in [3.8, 4) is 0 Å². The first-order valence-electron chi connectivity index (χ1n) is 22.5. The quantitative estimate of drug-likeness (QED) is 0.114. The van der Waals surface area contributed by atoms with Crippen LogP contribution in [0.1, 0.15) is 88.6 Å². The molecule has 71 heavy (non-hydrogen) atoms. The average molecular weight is 1010 g/mol. The highest BCUT2D eigenvalue weighted by Crippen LogP contribution is 2.35. The van der Waals surface area contributed by atoms with E-state index in [1.165, 1.54) is 0 Å². The molecule has 2 heterocycles. The first kappa shape index (κ1) is 58.9. The number of alkyl carbamates (subject to hydrolysis) is 1. The largest absolute Gasteiger partial charge is 0.463 e. The number of carbonyl (C=O) groups excluding carboxylic acids is 10. The van der Waals surface area contributed by atoms with Crippen LogP contribution in [-0.4, -0.2) is 159 Å². The molecule has 2 aliphatic rings. The van der Waals surface area contributed by atoms with Gasteiger partial charge < -0.3 is 72.8 Å². The van der Waals surface area contributed by atoms with Crippen molar-refractivity contribution in [1.82, 2.24) is 16.0 Å². The predicted molar refractivity (Wildman–Crippen MR) is 237 cm³/mol. The smallest absolute Gasteiger partial charge is 0.408 e. The number of carbonyl (C=O) groups is 10. The van der Waals surface area contributed by atoms with Crippen LogP contribution in [0.3, 0.4) is 0 Å². The van der Waals surface area contributed by atoms with Gasteiger partial charge in [-0.25, -0.2) is 9.59 Å². The summed E-state index contributed by atoms with van der Waals surface area (Å²) in [6.07, 6.45) is -16.5. The third kappa shape index (κ3) is 19.7. The van der Waals surface area contributed by atoms with Crippen LogP contribution < -0.4 is 16.0 Å². The molecular weight excluding hydrogens is 947 g/mol. The van der Waals surface area contributed by atoms with Crippen molar-refractivity contribution in [1.29, 1.82) is 0 Å². The SMILES string of the molecule is CC(=O)N[C@H]1[C@H](OC[C@H](NC(=O)OCc2ccccc2)C(=O)N[C@H](C(=O)OC(C)(C)C)C(C)C)O[C@H](COC(C)=O)[C@@H](O[C@@H]2O[C@H](COC(C)=O)[C@H](OC(C)=O)[C@H](OC(C)=O)[C@H]2OC(C)=O)[C@@H]1OC(C)=O. The molecule has 0 saturated carbocycles. The summed E-state index contributed by atoms with van der Waals surface area (Å²) in [7, 11) is 0. The summed E-state index contributed by atoms with van der Waals surface area (Å²) < 4.78 is 68.6. The molecule has 3 amide bonds. The van der Waals surface area contributed by atoms with E-state index >= 15 is 0 Å². The lowest BCUT2D eigenvalue weighted by atomic mass is 9.94. The maximum Gasteiger partial charge on any atom is 0.408 e. The number of benzene rings is 1. The second-order valence-corrected chi connectivity index (χ2v) is 17.7. The summed E-state index contributed by atoms with van der Waals surface area (Å²) in [6.45, 7) is 13.1. The predicted octanol–water partition coefficient (Wildman–Crippen LogP) is 0.973. The minimum absolute atomic E-state index is 0.215. The summed E-state index contributed by atoms with van der Waals surface area (Å²) in [4.78, 5) is 128. The van der Waals surface area contributed by atoms with Crippen molar-refractivity contribution in [3.05, 3.63) is 35.9 Å². The number of ether oxygens (including phenoxy) is 12. The number of rotatable bonds is 21. The van der Waals surface area contributed by atoms with E-state index in [0.29, 0.717) is 5.56 Å². The topological polar surface area (TPSA) is 318 Å². The normalized spacial score (nSPS) is 24.9. The molecular formula is C46H65N3O22. The Balaban J connectivity index is 2.15. The maximum atomic E-state index is 14.1. The zero-order chi connectivity index (χ0) is 53.3. The molecule has 2 aliphatic heterocycles. The average Bonchev–Trinajstić information content (AvgIpc) is 3.24. The molecule has 2 fully saturated rings. The van der Waals surface area contributed by atoms with Crippen LogP contribution in [0.5, 0.6) is 0 Å². The van der Waals surface area contributed by atoms with E-state index in [0.717, 1.165) is 48.5 Å². The summed E-state index contributed by atoms with van der Waals surface area (Å²) in [5.41, 5.74) is -0.335. The number of hydrogen-bond acceptors (Lipinski definition) is 22. The zero-order valence-corrected chi connectivity index (χ0v) is 41.7. The lowest BCUT2D eigenvalue weighted by Gasteiger charge is -2.49. The van der Waals surface area contributed by atoms with Gasteiger partial charge in [-0.2, -0.15) is 0 Å². The Morgan fingerprint density at radius 2 is 1.11 bits per heavy atom. The summed E-state index contributed by atoms with van der Waals surface area (Å²) in [6, 6.07) is 4.04. The molecule has 25 nitrogen and oxygen atoms in total. The Hall–Kier alpha value is -6.44. The van der Waals surface area contributed by atoms with Crippen LogP contribution in [0, 0.1) is 5.92 Å². The molecule has 0 aliphatic carbocycles. The van der Waals surface area contributed by atoms with Crippen molar-refractivity contribution < 1.29 is 105 Å². The lowest BCUT2D eigenvalue weighted by Crippen LogP contribution is -2.69. The standard InChI is InChI=1S/C46H65N3O22/c1-22(2)34(42(58)71-46(10,11)12)49-41(57)31(48-45(59)63-18-30-16-14-13-15-17-30)19-62-43-35(47-23(3)50)38(65-27(7)54)36(32(68-43)20-60-24(4)51)70-44-40(67-29(9)56)39(66-28(8)55)37(64-26(6)53)33(69-44)21-61-25(5)52/h13-17,22,31-40,43-44H,18-21H2,1-12H3,(H,47,50)(H,48,59)(H,49,57)/t31-,32+,33+,34-,35+,36+,37-,38+,39-,40+,43+,44-/m0/s1. The second kappa shape index (κ2) is 27.2. The highest BCUT2D eigenvalue weighted by atomic mass is 16.8. The van der Waals surface area contributed by atoms with Gasteiger partial charge in [0.05, 0.1) is 6.61 Å². The Morgan fingerprint density at radius 3 is 1.62 bits per heavy atom. The highest BCUT2D eigenvalue weighted by Gasteiger charge is 2.57. The molecule has 12 atom stereocenters. The van der Waals surface area contributed by atoms with Gasteiger partial charge in [0.2, 0.25) is 11.8 Å². The van der Waals surface area contributed by atoms with Gasteiger partial charge in [-0.3, -0.25) is 38.4 Å². The summed E-state index contributed by atoms with van der Waals surface area (Å²) >= 11 is 0. The minimum Gasteiger partial charge on any atom is -0.463 e. The van der Waals surface area contributed by atoms with Gasteiger partial charge in [-0.1, -0.05) is 44.2 Å².